The van der Waals surface area contributed by atoms with Crippen LogP contribution >= 0.6 is 11.6 Å². The number of halogens is 1. The number of rotatable bonds is 8. The zero-order valence-corrected chi connectivity index (χ0v) is 19.5. The summed E-state index contributed by atoms with van der Waals surface area (Å²) in [6.07, 6.45) is 1.03. The molecule has 0 spiro atoms. The molecule has 0 radical (unpaired) electrons. The summed E-state index contributed by atoms with van der Waals surface area (Å²) in [6.45, 7) is 5.55. The van der Waals surface area contributed by atoms with E-state index in [0.717, 1.165) is 16.9 Å². The van der Waals surface area contributed by atoms with Crippen molar-refractivity contribution in [3.8, 4) is 5.75 Å². The Kier molecular flexibility index (Phi) is 7.97. The molecule has 8 heteroatoms. The number of ether oxygens (including phenoxy) is 1. The van der Waals surface area contributed by atoms with E-state index >= 15 is 0 Å². The summed E-state index contributed by atoms with van der Waals surface area (Å²) in [5, 5.41) is 3.48. The monoisotopic (exact) mass is 464 g/mol. The molecule has 1 aliphatic heterocycles. The fourth-order valence-electron chi connectivity index (χ4n) is 3.78. The highest BCUT2D eigenvalue weighted by atomic mass is 35.5. The quantitative estimate of drug-likeness (QED) is 0.604. The summed E-state index contributed by atoms with van der Waals surface area (Å²) in [4.78, 5) is 12.4. The van der Waals surface area contributed by atoms with Crippen molar-refractivity contribution in [2.75, 3.05) is 26.2 Å². The molecule has 168 valence electrons. The van der Waals surface area contributed by atoms with Crippen molar-refractivity contribution in [1.82, 2.24) is 9.62 Å². The van der Waals surface area contributed by atoms with Crippen molar-refractivity contribution in [3.63, 3.8) is 0 Å². The second kappa shape index (κ2) is 10.5. The highest BCUT2D eigenvalue weighted by Gasteiger charge is 2.31. The van der Waals surface area contributed by atoms with Crippen LogP contribution in [-0.4, -0.2) is 44.9 Å². The molecule has 0 atom stereocenters. The van der Waals surface area contributed by atoms with Crippen LogP contribution in [0.4, 0.5) is 0 Å². The number of nitrogens with zero attached hydrogens (tertiary/aromatic N) is 1. The summed E-state index contributed by atoms with van der Waals surface area (Å²) in [6, 6.07) is 12.8. The first kappa shape index (κ1) is 23.6. The van der Waals surface area contributed by atoms with Crippen molar-refractivity contribution < 1.29 is 17.9 Å². The number of amides is 1. The Balaban J connectivity index is 1.41. The zero-order chi connectivity index (χ0) is 22.4. The molecule has 1 amide bonds. The number of carbonyl (C=O) groups excluding carboxylic acids is 1. The lowest BCUT2D eigenvalue weighted by atomic mass is 9.97. The maximum absolute atomic E-state index is 12.7. The van der Waals surface area contributed by atoms with Crippen LogP contribution in [0.15, 0.2) is 42.5 Å². The molecule has 0 saturated carbocycles. The number of piperidine rings is 1. The first-order valence-corrected chi connectivity index (χ1v) is 12.4. The maximum Gasteiger partial charge on any atom is 0.223 e. The van der Waals surface area contributed by atoms with E-state index in [1.165, 1.54) is 4.31 Å². The van der Waals surface area contributed by atoms with Crippen LogP contribution in [0.1, 0.15) is 29.5 Å². The van der Waals surface area contributed by atoms with Gasteiger partial charge in [-0.2, -0.15) is 0 Å². The predicted octanol–water partition coefficient (Wildman–Crippen LogP) is 3.69. The van der Waals surface area contributed by atoms with E-state index in [0.29, 0.717) is 49.7 Å². The van der Waals surface area contributed by atoms with Crippen molar-refractivity contribution in [1.29, 1.82) is 0 Å². The van der Waals surface area contributed by atoms with Gasteiger partial charge in [-0.25, -0.2) is 12.7 Å². The standard InChI is InChI=1S/C23H29ClN2O4S/c1-17-13-18(2)15-22(14-17)30-12-9-25-23(27)20-7-10-26(11-8-20)31(28,29)16-19-3-5-21(24)6-4-19/h3-6,13-15,20H,7-12,16H2,1-2H3,(H,25,27). The van der Waals surface area contributed by atoms with E-state index in [2.05, 4.69) is 11.4 Å². The molecular weight excluding hydrogens is 436 g/mol. The zero-order valence-electron chi connectivity index (χ0n) is 17.9. The summed E-state index contributed by atoms with van der Waals surface area (Å²) in [5.74, 6) is 0.518. The van der Waals surface area contributed by atoms with Gasteiger partial charge >= 0.3 is 0 Å². The van der Waals surface area contributed by atoms with Crippen LogP contribution in [0.3, 0.4) is 0 Å². The molecule has 0 unspecified atom stereocenters. The number of sulfonamides is 1. The maximum atomic E-state index is 12.7. The van der Waals surface area contributed by atoms with E-state index in [9.17, 15) is 13.2 Å². The summed E-state index contributed by atoms with van der Waals surface area (Å²) in [5.41, 5.74) is 2.97. The van der Waals surface area contributed by atoms with Crippen LogP contribution in [0, 0.1) is 19.8 Å². The third-order valence-corrected chi connectivity index (χ3v) is 7.45. The lowest BCUT2D eigenvalue weighted by Crippen LogP contribution is -2.43. The lowest BCUT2D eigenvalue weighted by molar-refractivity contribution is -0.126. The third-order valence-electron chi connectivity index (χ3n) is 5.35. The van der Waals surface area contributed by atoms with Gasteiger partial charge in [-0.15, -0.1) is 0 Å². The molecule has 3 rings (SSSR count). The number of aryl methyl sites for hydroxylation is 2. The van der Waals surface area contributed by atoms with E-state index in [4.69, 9.17) is 16.3 Å². The van der Waals surface area contributed by atoms with E-state index in [1.807, 2.05) is 26.0 Å². The Hall–Kier alpha value is -2.09. The number of hydrogen-bond acceptors (Lipinski definition) is 4. The van der Waals surface area contributed by atoms with Gasteiger partial charge in [0, 0.05) is 24.0 Å². The predicted molar refractivity (Wildman–Crippen MR) is 123 cm³/mol. The number of benzene rings is 2. The normalized spacial score (nSPS) is 15.6. The Labute approximate surface area is 189 Å². The van der Waals surface area contributed by atoms with Crippen LogP contribution in [0.5, 0.6) is 5.75 Å². The van der Waals surface area contributed by atoms with Gasteiger partial charge in [0.2, 0.25) is 15.9 Å². The van der Waals surface area contributed by atoms with Gasteiger partial charge in [-0.05, 0) is 67.6 Å². The van der Waals surface area contributed by atoms with Crippen LogP contribution in [0.25, 0.3) is 0 Å². The molecule has 1 heterocycles. The van der Waals surface area contributed by atoms with Gasteiger partial charge in [0.25, 0.3) is 0 Å². The Morgan fingerprint density at radius 3 is 2.32 bits per heavy atom. The SMILES string of the molecule is Cc1cc(C)cc(OCCNC(=O)C2CCN(S(=O)(=O)Cc3ccc(Cl)cc3)CC2)c1. The largest absolute Gasteiger partial charge is 0.492 e. The Bertz CT molecular complexity index is 980. The van der Waals surface area contributed by atoms with Gasteiger partial charge in [-0.3, -0.25) is 4.79 Å². The van der Waals surface area contributed by atoms with Crippen molar-refractivity contribution in [3.05, 3.63) is 64.2 Å². The average molecular weight is 465 g/mol. The van der Waals surface area contributed by atoms with Crippen LogP contribution in [-0.2, 0) is 20.6 Å². The van der Waals surface area contributed by atoms with Gasteiger partial charge < -0.3 is 10.1 Å². The molecule has 1 fully saturated rings. The van der Waals surface area contributed by atoms with E-state index in [-0.39, 0.29) is 17.6 Å². The third kappa shape index (κ3) is 6.95. The van der Waals surface area contributed by atoms with Crippen LogP contribution in [0.2, 0.25) is 5.02 Å². The smallest absolute Gasteiger partial charge is 0.223 e. The van der Waals surface area contributed by atoms with E-state index in [1.54, 1.807) is 24.3 Å². The minimum Gasteiger partial charge on any atom is -0.492 e. The lowest BCUT2D eigenvalue weighted by Gasteiger charge is -2.30. The highest BCUT2D eigenvalue weighted by molar-refractivity contribution is 7.88. The first-order valence-electron chi connectivity index (χ1n) is 10.4. The topological polar surface area (TPSA) is 75.7 Å². The molecule has 2 aromatic rings. The van der Waals surface area contributed by atoms with Gasteiger partial charge in [0.05, 0.1) is 12.3 Å². The van der Waals surface area contributed by atoms with Gasteiger partial charge in [0.1, 0.15) is 12.4 Å². The van der Waals surface area contributed by atoms with Gasteiger partial charge in [-0.1, -0.05) is 29.8 Å². The van der Waals surface area contributed by atoms with Crippen molar-refractivity contribution in [2.24, 2.45) is 5.92 Å². The first-order chi connectivity index (χ1) is 14.7. The fraction of sp³-hybridized carbons (Fsp3) is 0.435. The molecule has 1 N–H and O–H groups in total. The second-order valence-electron chi connectivity index (χ2n) is 8.02. The molecule has 6 nitrogen and oxygen atoms in total. The molecule has 31 heavy (non-hydrogen) atoms. The fourth-order valence-corrected chi connectivity index (χ4v) is 5.47. The minimum absolute atomic E-state index is 0.0428. The molecule has 1 aliphatic rings. The molecule has 2 aromatic carbocycles. The molecule has 0 aromatic heterocycles. The molecular formula is C23H29ClN2O4S. The van der Waals surface area contributed by atoms with Crippen LogP contribution < -0.4 is 10.1 Å². The molecule has 0 bridgehead atoms. The average Bonchev–Trinajstić information content (AvgIpc) is 2.72. The van der Waals surface area contributed by atoms with Gasteiger partial charge in [0.15, 0.2) is 0 Å². The summed E-state index contributed by atoms with van der Waals surface area (Å²) >= 11 is 5.86. The van der Waals surface area contributed by atoms with E-state index < -0.39 is 10.0 Å². The second-order valence-corrected chi connectivity index (χ2v) is 10.4. The number of nitrogens with one attached hydrogen (secondary N) is 1. The Morgan fingerprint density at radius 2 is 1.71 bits per heavy atom. The summed E-state index contributed by atoms with van der Waals surface area (Å²) in [7, 11) is -3.42. The number of carbonyl (C=O) groups is 1. The Morgan fingerprint density at radius 1 is 1.10 bits per heavy atom. The minimum atomic E-state index is -3.42. The summed E-state index contributed by atoms with van der Waals surface area (Å²) < 4.78 is 32.6. The number of hydrogen-bond donors (Lipinski definition) is 1. The molecule has 1 saturated heterocycles. The van der Waals surface area contributed by atoms with Crippen molar-refractivity contribution in [2.45, 2.75) is 32.4 Å². The van der Waals surface area contributed by atoms with Crippen molar-refractivity contribution >= 4 is 27.5 Å². The molecule has 0 aliphatic carbocycles. The highest BCUT2D eigenvalue weighted by Crippen LogP contribution is 2.22.